The molecule has 3 rings (SSSR count). The molecule has 0 aliphatic heterocycles. The number of thiazole rings is 1. The molecule has 0 radical (unpaired) electrons. The number of aromatic nitrogens is 1. The zero-order chi connectivity index (χ0) is 17.1. The Hall–Kier alpha value is -1.46. The van der Waals surface area contributed by atoms with Crippen LogP contribution >= 0.6 is 11.3 Å². The van der Waals surface area contributed by atoms with Crippen LogP contribution in [0.1, 0.15) is 37.6 Å². The molecule has 2 atom stereocenters. The number of amides is 1. The minimum atomic E-state index is 0.220. The van der Waals surface area contributed by atoms with Gasteiger partial charge in [-0.15, -0.1) is 11.3 Å². The summed E-state index contributed by atoms with van der Waals surface area (Å²) < 4.78 is 1.21. The highest BCUT2D eigenvalue weighted by molar-refractivity contribution is 7.18. The molecule has 0 saturated heterocycles. The van der Waals surface area contributed by atoms with Crippen molar-refractivity contribution in [1.82, 2.24) is 14.8 Å². The zero-order valence-corrected chi connectivity index (χ0v) is 15.7. The Morgan fingerprint density at radius 2 is 2.00 bits per heavy atom. The van der Waals surface area contributed by atoms with Crippen LogP contribution in [0.5, 0.6) is 0 Å². The van der Waals surface area contributed by atoms with Gasteiger partial charge in [-0.1, -0.05) is 31.9 Å². The monoisotopic (exact) mass is 345 g/mol. The van der Waals surface area contributed by atoms with Crippen LogP contribution in [0.15, 0.2) is 24.3 Å². The maximum absolute atomic E-state index is 12.6. The van der Waals surface area contributed by atoms with E-state index in [1.807, 2.05) is 37.2 Å². The first-order chi connectivity index (χ1) is 11.5. The van der Waals surface area contributed by atoms with Crippen molar-refractivity contribution in [3.8, 4) is 0 Å². The summed E-state index contributed by atoms with van der Waals surface area (Å²) >= 11 is 1.71. The molecule has 1 aliphatic carbocycles. The highest BCUT2D eigenvalue weighted by atomic mass is 32.1. The molecule has 5 heteroatoms. The Morgan fingerprint density at radius 1 is 1.25 bits per heavy atom. The molecule has 2 aromatic rings. The van der Waals surface area contributed by atoms with Gasteiger partial charge in [0.05, 0.1) is 23.3 Å². The van der Waals surface area contributed by atoms with Crippen LogP contribution in [0, 0.1) is 5.92 Å². The number of likely N-dealkylation sites (N-methyl/N-ethyl adjacent to an activating group) is 2. The molecule has 24 heavy (non-hydrogen) atoms. The summed E-state index contributed by atoms with van der Waals surface area (Å²) in [6, 6.07) is 8.60. The van der Waals surface area contributed by atoms with Crippen molar-refractivity contribution < 1.29 is 4.79 Å². The van der Waals surface area contributed by atoms with Gasteiger partial charge in [-0.25, -0.2) is 4.98 Å². The predicted molar refractivity (Wildman–Crippen MR) is 100 cm³/mol. The first-order valence-electron chi connectivity index (χ1n) is 8.83. The third-order valence-electron chi connectivity index (χ3n) is 5.11. The number of para-hydroxylation sites is 1. The minimum absolute atomic E-state index is 0.220. The molecule has 1 fully saturated rings. The topological polar surface area (TPSA) is 36.4 Å². The summed E-state index contributed by atoms with van der Waals surface area (Å²) in [5.74, 6) is 0.833. The fraction of sp³-hybridized carbons (Fsp3) is 0.579. The summed E-state index contributed by atoms with van der Waals surface area (Å²) in [5.41, 5.74) is 1.05. The molecule has 1 amide bonds. The summed E-state index contributed by atoms with van der Waals surface area (Å²) in [6.45, 7) is 3.45. The summed E-state index contributed by atoms with van der Waals surface area (Å²) in [6.07, 6.45) is 4.93. The maximum atomic E-state index is 12.6. The number of carbonyl (C=O) groups is 1. The molecule has 0 spiro atoms. The van der Waals surface area contributed by atoms with Gasteiger partial charge in [0.15, 0.2) is 0 Å². The van der Waals surface area contributed by atoms with Crippen LogP contribution in [0.25, 0.3) is 10.2 Å². The Labute approximate surface area is 148 Å². The second-order valence-electron chi connectivity index (χ2n) is 7.08. The van der Waals surface area contributed by atoms with Crippen LogP contribution in [0.3, 0.4) is 0 Å². The molecule has 130 valence electrons. The normalized spacial score (nSPS) is 21.3. The third kappa shape index (κ3) is 3.95. The van der Waals surface area contributed by atoms with Gasteiger partial charge in [-0.3, -0.25) is 9.69 Å². The van der Waals surface area contributed by atoms with Gasteiger partial charge < -0.3 is 4.90 Å². The SMILES string of the molecule is C[C@@H]1CCCC[C@H]1N(C)C(=O)CN(C)Cc1nc2ccccc2s1. The molecular weight excluding hydrogens is 318 g/mol. The van der Waals surface area contributed by atoms with Gasteiger partial charge in [-0.2, -0.15) is 0 Å². The van der Waals surface area contributed by atoms with Gasteiger partial charge in [0, 0.05) is 13.1 Å². The Balaban J connectivity index is 1.57. The van der Waals surface area contributed by atoms with Crippen LogP contribution < -0.4 is 0 Å². The maximum Gasteiger partial charge on any atom is 0.236 e. The van der Waals surface area contributed by atoms with E-state index in [0.717, 1.165) is 23.5 Å². The molecule has 1 saturated carbocycles. The van der Waals surface area contributed by atoms with Crippen molar-refractivity contribution >= 4 is 27.5 Å². The van der Waals surface area contributed by atoms with Crippen molar-refractivity contribution in [2.75, 3.05) is 20.6 Å². The second-order valence-corrected chi connectivity index (χ2v) is 8.20. The lowest BCUT2D eigenvalue weighted by molar-refractivity contribution is -0.134. The van der Waals surface area contributed by atoms with Gasteiger partial charge in [0.1, 0.15) is 5.01 Å². The molecule has 0 unspecified atom stereocenters. The number of nitrogens with zero attached hydrogens (tertiary/aromatic N) is 3. The number of carbonyl (C=O) groups excluding carboxylic acids is 1. The van der Waals surface area contributed by atoms with Crippen molar-refractivity contribution in [1.29, 1.82) is 0 Å². The predicted octanol–water partition coefficient (Wildman–Crippen LogP) is 3.77. The summed E-state index contributed by atoms with van der Waals surface area (Å²) in [5, 5.41) is 1.07. The van der Waals surface area contributed by atoms with Gasteiger partial charge in [0.25, 0.3) is 0 Å². The minimum Gasteiger partial charge on any atom is -0.341 e. The number of fused-ring (bicyclic) bond motifs is 1. The Kier molecular flexibility index (Phi) is 5.51. The van der Waals surface area contributed by atoms with Crippen molar-refractivity contribution in [3.05, 3.63) is 29.3 Å². The van der Waals surface area contributed by atoms with E-state index < -0.39 is 0 Å². The van der Waals surface area contributed by atoms with E-state index in [9.17, 15) is 4.79 Å². The van der Waals surface area contributed by atoms with E-state index in [0.29, 0.717) is 18.5 Å². The zero-order valence-electron chi connectivity index (χ0n) is 14.9. The van der Waals surface area contributed by atoms with Gasteiger partial charge >= 0.3 is 0 Å². The van der Waals surface area contributed by atoms with E-state index in [2.05, 4.69) is 22.9 Å². The average molecular weight is 346 g/mol. The lowest BCUT2D eigenvalue weighted by Crippen LogP contribution is -2.46. The van der Waals surface area contributed by atoms with E-state index in [4.69, 9.17) is 0 Å². The molecule has 1 heterocycles. The van der Waals surface area contributed by atoms with E-state index in [1.165, 1.54) is 24.0 Å². The molecule has 0 N–H and O–H groups in total. The fourth-order valence-electron chi connectivity index (χ4n) is 3.67. The quantitative estimate of drug-likeness (QED) is 0.828. The first kappa shape index (κ1) is 17.4. The van der Waals surface area contributed by atoms with Crippen molar-refractivity contribution in [3.63, 3.8) is 0 Å². The highest BCUT2D eigenvalue weighted by Gasteiger charge is 2.28. The highest BCUT2D eigenvalue weighted by Crippen LogP contribution is 2.27. The molecule has 1 aliphatic rings. The van der Waals surface area contributed by atoms with Crippen LogP contribution in [-0.4, -0.2) is 47.4 Å². The average Bonchev–Trinajstić information content (AvgIpc) is 2.96. The third-order valence-corrected chi connectivity index (χ3v) is 6.13. The first-order valence-corrected chi connectivity index (χ1v) is 9.65. The molecule has 4 nitrogen and oxygen atoms in total. The smallest absolute Gasteiger partial charge is 0.236 e. The Bertz CT molecular complexity index is 666. The van der Waals surface area contributed by atoms with Crippen LogP contribution in [-0.2, 0) is 11.3 Å². The van der Waals surface area contributed by atoms with Crippen LogP contribution in [0.4, 0.5) is 0 Å². The van der Waals surface area contributed by atoms with E-state index in [-0.39, 0.29) is 5.91 Å². The molecule has 0 bridgehead atoms. The standard InChI is InChI=1S/C19H27N3OS/c1-14-8-4-6-10-16(14)22(3)19(23)13-21(2)12-18-20-15-9-5-7-11-17(15)24-18/h5,7,9,11,14,16H,4,6,8,10,12-13H2,1-3H3/t14-,16-/m1/s1. The summed E-state index contributed by atoms with van der Waals surface area (Å²) in [7, 11) is 3.97. The lowest BCUT2D eigenvalue weighted by Gasteiger charge is -2.37. The van der Waals surface area contributed by atoms with Crippen molar-refractivity contribution in [2.24, 2.45) is 5.92 Å². The molecular formula is C19H27N3OS. The number of hydrogen-bond donors (Lipinski definition) is 0. The Morgan fingerprint density at radius 3 is 2.75 bits per heavy atom. The van der Waals surface area contributed by atoms with Crippen molar-refractivity contribution in [2.45, 2.75) is 45.2 Å². The molecule has 1 aromatic heterocycles. The van der Waals surface area contributed by atoms with Gasteiger partial charge in [0.2, 0.25) is 5.91 Å². The van der Waals surface area contributed by atoms with Gasteiger partial charge in [-0.05, 0) is 37.9 Å². The lowest BCUT2D eigenvalue weighted by atomic mass is 9.85. The van der Waals surface area contributed by atoms with E-state index >= 15 is 0 Å². The largest absolute Gasteiger partial charge is 0.341 e. The second kappa shape index (κ2) is 7.62. The van der Waals surface area contributed by atoms with E-state index in [1.54, 1.807) is 11.3 Å². The molecule has 1 aromatic carbocycles. The number of benzene rings is 1. The number of rotatable bonds is 5. The number of hydrogen-bond acceptors (Lipinski definition) is 4. The summed E-state index contributed by atoms with van der Waals surface area (Å²) in [4.78, 5) is 21.3. The fourth-order valence-corrected chi connectivity index (χ4v) is 4.72. The van der Waals surface area contributed by atoms with Crippen LogP contribution in [0.2, 0.25) is 0 Å².